The molecule has 4 rings (SSSR count). The summed E-state index contributed by atoms with van der Waals surface area (Å²) in [4.78, 5) is 4.10. The summed E-state index contributed by atoms with van der Waals surface area (Å²) in [5.74, 6) is -1.32. The maximum atomic E-state index is 9.82. The number of amidine groups is 1. The fourth-order valence-corrected chi connectivity index (χ4v) is 3.83. The van der Waals surface area contributed by atoms with E-state index in [-0.39, 0.29) is 11.7 Å². The number of rotatable bonds is 2. The van der Waals surface area contributed by atoms with Gasteiger partial charge in [-0.2, -0.15) is 15.5 Å². The van der Waals surface area contributed by atoms with Crippen molar-refractivity contribution in [1.29, 1.82) is 15.9 Å². The fraction of sp³-hybridized carbons (Fsp3) is 0.714. The normalized spacial score (nSPS) is 48.2. The summed E-state index contributed by atoms with van der Waals surface area (Å²) in [5.41, 5.74) is -2.56. The van der Waals surface area contributed by atoms with E-state index in [9.17, 15) is 10.5 Å². The van der Waals surface area contributed by atoms with Gasteiger partial charge in [-0.25, -0.2) is 0 Å². The van der Waals surface area contributed by atoms with Gasteiger partial charge in [-0.15, -0.1) is 0 Å². The number of hydrogen-bond acceptors (Lipinski definition) is 5. The minimum atomic E-state index is -1.29. The Morgan fingerprint density at radius 1 is 1.35 bits per heavy atom. The summed E-state index contributed by atoms with van der Waals surface area (Å²) in [6, 6.07) is 4.45. The molecule has 5 atom stereocenters. The molecule has 0 saturated carbocycles. The van der Waals surface area contributed by atoms with Crippen LogP contribution in [0.25, 0.3) is 0 Å². The number of fused-ring (bicyclic) bond motifs is 1. The Morgan fingerprint density at radius 2 is 2.00 bits per heavy atom. The lowest BCUT2D eigenvalue weighted by Gasteiger charge is -2.60. The van der Waals surface area contributed by atoms with Gasteiger partial charge in [0.1, 0.15) is 5.84 Å². The molecule has 0 aliphatic carbocycles. The topological polar surface area (TPSA) is 102 Å². The van der Waals surface area contributed by atoms with Gasteiger partial charge in [0.15, 0.2) is 10.8 Å². The van der Waals surface area contributed by atoms with E-state index in [0.29, 0.717) is 6.42 Å². The molecule has 0 amide bonds. The zero-order valence-corrected chi connectivity index (χ0v) is 11.7. The van der Waals surface area contributed by atoms with Gasteiger partial charge in [-0.05, 0) is 6.42 Å². The Balaban J connectivity index is 2.31. The minimum absolute atomic E-state index is 0.0721. The van der Waals surface area contributed by atoms with E-state index in [1.54, 1.807) is 13.8 Å². The van der Waals surface area contributed by atoms with Gasteiger partial charge < -0.3 is 9.47 Å². The summed E-state index contributed by atoms with van der Waals surface area (Å²) >= 11 is 0. The van der Waals surface area contributed by atoms with Crippen molar-refractivity contribution in [2.24, 2.45) is 21.7 Å². The highest BCUT2D eigenvalue weighted by Crippen LogP contribution is 2.66. The molecule has 0 aromatic carbocycles. The van der Waals surface area contributed by atoms with Crippen LogP contribution >= 0.6 is 0 Å². The molecule has 4 bridgehead atoms. The maximum Gasteiger partial charge on any atom is 0.218 e. The Labute approximate surface area is 117 Å². The van der Waals surface area contributed by atoms with Crippen molar-refractivity contribution < 1.29 is 9.47 Å². The average molecular weight is 272 g/mol. The van der Waals surface area contributed by atoms with E-state index in [0.717, 1.165) is 6.42 Å². The zero-order chi connectivity index (χ0) is 14.8. The third kappa shape index (κ3) is 1.01. The van der Waals surface area contributed by atoms with E-state index in [2.05, 4.69) is 17.1 Å². The first kappa shape index (κ1) is 13.1. The molecule has 0 unspecified atom stereocenters. The van der Waals surface area contributed by atoms with Crippen molar-refractivity contribution in [2.75, 3.05) is 0 Å². The van der Waals surface area contributed by atoms with Gasteiger partial charge in [-0.1, -0.05) is 20.3 Å². The van der Waals surface area contributed by atoms with Crippen molar-refractivity contribution >= 4 is 11.7 Å². The van der Waals surface area contributed by atoms with Crippen LogP contribution in [0.4, 0.5) is 0 Å². The highest BCUT2D eigenvalue weighted by molar-refractivity contribution is 6.12. The van der Waals surface area contributed by atoms with Gasteiger partial charge in [0.05, 0.1) is 18.2 Å². The molecule has 6 nitrogen and oxygen atoms in total. The quantitative estimate of drug-likeness (QED) is 0.830. The van der Waals surface area contributed by atoms with Crippen LogP contribution in [0.5, 0.6) is 0 Å². The average Bonchev–Trinajstić information content (AvgIpc) is 2.62. The van der Waals surface area contributed by atoms with Crippen molar-refractivity contribution in [3.05, 3.63) is 0 Å². The van der Waals surface area contributed by atoms with Crippen LogP contribution < -0.4 is 0 Å². The number of nitrogens with zero attached hydrogens (tertiary/aromatic N) is 3. The SMILES string of the molecule is CCC[C@@H]1O[C@@]2(C)OC3=NC(=N)[C@](C#N)([C@@H]2C)[C@@]31C#N. The van der Waals surface area contributed by atoms with Crippen LogP contribution in [0.15, 0.2) is 4.99 Å². The third-order valence-electron chi connectivity index (χ3n) is 5.04. The van der Waals surface area contributed by atoms with Crippen molar-refractivity contribution in [2.45, 2.75) is 45.5 Å². The van der Waals surface area contributed by atoms with E-state index < -0.39 is 28.6 Å². The van der Waals surface area contributed by atoms with Crippen molar-refractivity contribution in [3.63, 3.8) is 0 Å². The lowest BCUT2D eigenvalue weighted by atomic mass is 9.51. The first-order valence-corrected chi connectivity index (χ1v) is 6.80. The molecular formula is C14H16N4O2. The Hall–Kier alpha value is -1.92. The highest BCUT2D eigenvalue weighted by atomic mass is 16.7. The molecule has 3 saturated heterocycles. The molecule has 0 aromatic rings. The van der Waals surface area contributed by atoms with Gasteiger partial charge in [0, 0.05) is 12.8 Å². The summed E-state index contributed by atoms with van der Waals surface area (Å²) < 4.78 is 11.8. The Morgan fingerprint density at radius 3 is 2.55 bits per heavy atom. The van der Waals surface area contributed by atoms with E-state index in [1.165, 1.54) is 0 Å². The summed E-state index contributed by atoms with van der Waals surface area (Å²) in [5, 5.41) is 27.8. The predicted molar refractivity (Wildman–Crippen MR) is 69.7 cm³/mol. The second-order valence-electron chi connectivity index (χ2n) is 5.84. The molecule has 4 aliphatic rings. The summed E-state index contributed by atoms with van der Waals surface area (Å²) in [6.45, 7) is 5.56. The second kappa shape index (κ2) is 3.59. The van der Waals surface area contributed by atoms with Gasteiger partial charge in [0.2, 0.25) is 11.7 Å². The van der Waals surface area contributed by atoms with Gasteiger partial charge >= 0.3 is 0 Å². The van der Waals surface area contributed by atoms with Gasteiger partial charge in [0.25, 0.3) is 0 Å². The predicted octanol–water partition coefficient (Wildman–Crippen LogP) is 1.98. The van der Waals surface area contributed by atoms with Crippen LogP contribution in [-0.2, 0) is 9.47 Å². The fourth-order valence-electron chi connectivity index (χ4n) is 3.83. The molecule has 1 N–H and O–H groups in total. The largest absolute Gasteiger partial charge is 0.447 e. The minimum Gasteiger partial charge on any atom is -0.447 e. The van der Waals surface area contributed by atoms with Crippen LogP contribution in [0, 0.1) is 44.8 Å². The number of ether oxygens (including phenoxy) is 2. The summed E-state index contributed by atoms with van der Waals surface area (Å²) in [7, 11) is 0. The number of hydrogen-bond donors (Lipinski definition) is 1. The number of aliphatic imine (C=N–C) groups is 1. The number of nitriles is 2. The zero-order valence-electron chi connectivity index (χ0n) is 11.7. The van der Waals surface area contributed by atoms with E-state index >= 15 is 0 Å². The first-order valence-electron chi connectivity index (χ1n) is 6.80. The molecule has 4 aliphatic heterocycles. The summed E-state index contributed by atoms with van der Waals surface area (Å²) in [6.07, 6.45) is 0.990. The van der Waals surface area contributed by atoms with Crippen LogP contribution in [0.2, 0.25) is 0 Å². The molecule has 4 heterocycles. The first-order chi connectivity index (χ1) is 9.42. The second-order valence-corrected chi connectivity index (χ2v) is 5.84. The van der Waals surface area contributed by atoms with Crippen LogP contribution in [-0.4, -0.2) is 23.6 Å². The standard InChI is InChI=1S/C14H16N4O2/c1-4-5-9-14(7-16)11-18-10(17)13(14,6-15)8(2)12(3,19-9)20-11/h8-9,17H,4-5H2,1-3H3/t8-,9+,12+,13+,14-/m1/s1. The Kier molecular flexibility index (Phi) is 2.35. The maximum absolute atomic E-state index is 9.82. The molecule has 6 heteroatoms. The van der Waals surface area contributed by atoms with Gasteiger partial charge in [-0.3, -0.25) is 5.41 Å². The third-order valence-corrected chi connectivity index (χ3v) is 5.04. The number of nitrogens with one attached hydrogen (secondary N) is 1. The van der Waals surface area contributed by atoms with Crippen LogP contribution in [0.3, 0.4) is 0 Å². The molecule has 20 heavy (non-hydrogen) atoms. The molecular weight excluding hydrogens is 256 g/mol. The molecule has 0 aromatic heterocycles. The molecule has 104 valence electrons. The monoisotopic (exact) mass is 272 g/mol. The van der Waals surface area contributed by atoms with Crippen molar-refractivity contribution in [3.8, 4) is 12.1 Å². The van der Waals surface area contributed by atoms with Crippen molar-refractivity contribution in [1.82, 2.24) is 0 Å². The smallest absolute Gasteiger partial charge is 0.218 e. The molecule has 0 radical (unpaired) electrons. The molecule has 3 fully saturated rings. The molecule has 0 spiro atoms. The van der Waals surface area contributed by atoms with E-state index in [1.807, 2.05) is 6.92 Å². The lowest BCUT2D eigenvalue weighted by molar-refractivity contribution is -0.330. The lowest BCUT2D eigenvalue weighted by Crippen LogP contribution is -2.73. The Bertz CT molecular complexity index is 616. The van der Waals surface area contributed by atoms with Crippen LogP contribution in [0.1, 0.15) is 33.6 Å². The van der Waals surface area contributed by atoms with E-state index in [4.69, 9.17) is 14.9 Å². The highest BCUT2D eigenvalue weighted by Gasteiger charge is 2.81.